The molecule has 9 amide bonds. The van der Waals surface area contributed by atoms with Crippen LogP contribution in [-0.2, 0) is 78.4 Å². The molecule has 2 aromatic carbocycles. The Balaban J connectivity index is 0.00000342. The van der Waals surface area contributed by atoms with E-state index in [0.717, 1.165) is 53.3 Å². The van der Waals surface area contributed by atoms with Crippen molar-refractivity contribution in [1.82, 2.24) is 46.6 Å². The van der Waals surface area contributed by atoms with E-state index in [0.29, 0.717) is 44.9 Å². The second-order valence-electron chi connectivity index (χ2n) is 26.5. The van der Waals surface area contributed by atoms with Crippen molar-refractivity contribution in [1.29, 1.82) is 0 Å². The molecule has 3 heterocycles. The van der Waals surface area contributed by atoms with Crippen molar-refractivity contribution in [3.63, 3.8) is 0 Å². The van der Waals surface area contributed by atoms with Gasteiger partial charge < -0.3 is 107 Å². The highest BCUT2D eigenvalue weighted by atomic mass is 16.4. The van der Waals surface area contributed by atoms with Crippen LogP contribution in [0.3, 0.4) is 0 Å². The van der Waals surface area contributed by atoms with Crippen LogP contribution in [0.2, 0.25) is 0 Å². The molecule has 2 aromatic rings. The van der Waals surface area contributed by atoms with Gasteiger partial charge in [0.25, 0.3) is 5.97 Å². The zero-order chi connectivity index (χ0) is 72.9. The minimum Gasteiger partial charge on any atom is -0.481 e. The Morgan fingerprint density at radius 2 is 1.08 bits per heavy atom. The molecule has 100 heavy (non-hydrogen) atoms. The minimum atomic E-state index is -1.68. The number of hydrogen-bond donors (Lipinski definition) is 17. The number of carboxylic acids is 2. The lowest BCUT2D eigenvalue weighted by molar-refractivity contribution is -0.148. The molecule has 4 fully saturated rings. The molecule has 34 heteroatoms. The van der Waals surface area contributed by atoms with E-state index in [4.69, 9.17) is 50.0 Å². The maximum Gasteiger partial charge on any atom is 0.326 e. The highest BCUT2D eigenvalue weighted by Gasteiger charge is 2.52. The number of guanidine groups is 3. The van der Waals surface area contributed by atoms with Crippen LogP contribution >= 0.6 is 0 Å². The number of carbonyl (C=O) groups is 11. The van der Waals surface area contributed by atoms with Gasteiger partial charge in [-0.3, -0.25) is 62.9 Å². The molecule has 3 saturated heterocycles. The molecule has 8 rings (SSSR count). The number of carboxylic acid groups (broad SMARTS) is 2. The predicted octanol–water partition coefficient (Wildman–Crippen LogP) is -4.88. The van der Waals surface area contributed by atoms with Gasteiger partial charge in [0.1, 0.15) is 48.3 Å². The zero-order valence-electron chi connectivity index (χ0n) is 56.4. The SMILES string of the molecule is CC(=O)O.NC(N)=NCCCC(NC(=O)C1CC2CCCCC2N1C(=O)[C@H](NC(=O)C(CO)NC(=O)C(NC(=O)CNC(=O)[C@@H]1C[C@@H](O)CN1C(=O)C1CCCN1C(=O)C(CCCN=C(N)N)NC(=O)[C@H](N)CCCN=C(N)N)C1Cc2ccccc2C1)C1Cc2ccccc2C1)C(=O)O. The monoisotopic (exact) mass is 1400 g/mol. The molecular formula is C66H99N19O15. The van der Waals surface area contributed by atoms with E-state index < -0.39 is 157 Å². The summed E-state index contributed by atoms with van der Waals surface area (Å²) in [6.07, 6.45) is 4.82. The standard InChI is InChI=1S/C64H95N19O13.C2H4O2/c65-42(16-7-21-72-62(66)67)53(87)76-43(17-8-22-73-63(68)69)58(92)81-24-10-20-47(81)59(93)82-32-41(85)30-48(82)55(89)75-31-50(86)79-51(39-25-34-11-1-2-12-35(34)26-39)57(91)78-45(33-84)54(88)80-52(40-27-36-13-3-4-14-37(36)28-40)60(94)83-46-19-6-5-15-38(46)29-49(83)56(90)77-44(61(95)96)18-9-23-74-64(70)71;1-2(3)4/h1-4,11-14,38-49,51-52,84-85H,5-10,15-33,65H2,(H,75,89)(H,76,87)(H,77,90)(H,78,91)(H,79,86)(H,80,88)(H,95,96)(H4,66,67,72)(H4,68,69,73)(H4,70,71,74);1H3,(H,3,4)/t38?,41-,42-,43?,44?,45?,46?,47?,48+,49?,51?,52-;/m1./s1. The molecular weight excluding hydrogens is 1300 g/mol. The number of nitrogens with two attached hydrogens (primary N) is 7. The first-order chi connectivity index (χ1) is 47.6. The van der Waals surface area contributed by atoms with Gasteiger partial charge in [0, 0.05) is 52.1 Å². The van der Waals surface area contributed by atoms with Crippen molar-refractivity contribution in [3.8, 4) is 0 Å². The smallest absolute Gasteiger partial charge is 0.326 e. The van der Waals surface area contributed by atoms with Gasteiger partial charge in [-0.1, -0.05) is 61.4 Å². The van der Waals surface area contributed by atoms with Crippen molar-refractivity contribution in [2.75, 3.05) is 45.9 Å². The number of β-amino-alcohol motifs (C(OH)–C–C–N with tert-alkyl or cyclic N) is 1. The number of likely N-dealkylation sites (tertiary alicyclic amines) is 3. The van der Waals surface area contributed by atoms with Crippen LogP contribution in [0.1, 0.15) is 119 Å². The van der Waals surface area contributed by atoms with E-state index >= 15 is 4.79 Å². The van der Waals surface area contributed by atoms with Gasteiger partial charge >= 0.3 is 5.97 Å². The number of amides is 9. The average molecular weight is 1400 g/mol. The molecule has 12 atom stereocenters. The molecule has 24 N–H and O–H groups in total. The Labute approximate surface area is 579 Å². The molecule has 3 aliphatic heterocycles. The van der Waals surface area contributed by atoms with Gasteiger partial charge in [-0.15, -0.1) is 0 Å². The molecule has 8 unspecified atom stereocenters. The minimum absolute atomic E-state index is 0.00231. The summed E-state index contributed by atoms with van der Waals surface area (Å²) in [5.74, 6) is -10.4. The van der Waals surface area contributed by atoms with Gasteiger partial charge in [0.2, 0.25) is 53.2 Å². The van der Waals surface area contributed by atoms with Crippen LogP contribution in [0.25, 0.3) is 0 Å². The quantitative estimate of drug-likeness (QED) is 0.0191. The van der Waals surface area contributed by atoms with Gasteiger partial charge in [0.05, 0.1) is 25.3 Å². The van der Waals surface area contributed by atoms with Crippen molar-refractivity contribution in [2.45, 2.75) is 189 Å². The van der Waals surface area contributed by atoms with Crippen molar-refractivity contribution in [2.24, 2.45) is 72.9 Å². The Morgan fingerprint density at radius 1 is 0.560 bits per heavy atom. The molecule has 3 aliphatic carbocycles. The Kier molecular flexibility index (Phi) is 28.7. The van der Waals surface area contributed by atoms with Gasteiger partial charge in [-0.2, -0.15) is 0 Å². The Hall–Kier alpha value is -9.70. The predicted molar refractivity (Wildman–Crippen MR) is 365 cm³/mol. The third-order valence-electron chi connectivity index (χ3n) is 19.3. The number of benzene rings is 2. The van der Waals surface area contributed by atoms with Crippen LogP contribution in [0.4, 0.5) is 0 Å². The van der Waals surface area contributed by atoms with E-state index in [9.17, 15) is 58.5 Å². The first kappa shape index (κ1) is 77.6. The first-order valence-corrected chi connectivity index (χ1v) is 34.1. The van der Waals surface area contributed by atoms with Crippen molar-refractivity contribution in [3.05, 3.63) is 70.8 Å². The fourth-order valence-corrected chi connectivity index (χ4v) is 14.5. The molecule has 548 valence electrons. The summed E-state index contributed by atoms with van der Waals surface area (Å²) in [6.45, 7) is -0.257. The van der Waals surface area contributed by atoms with Crippen LogP contribution in [0, 0.1) is 17.8 Å². The number of carbonyl (C=O) groups excluding carboxylic acids is 9. The Bertz CT molecular complexity index is 3310. The third kappa shape index (κ3) is 21.4. The highest BCUT2D eigenvalue weighted by molar-refractivity contribution is 5.99. The van der Waals surface area contributed by atoms with Crippen LogP contribution in [0.5, 0.6) is 0 Å². The average Bonchev–Trinajstić information content (AvgIpc) is 1.61. The van der Waals surface area contributed by atoms with E-state index in [1.807, 2.05) is 48.5 Å². The van der Waals surface area contributed by atoms with Crippen molar-refractivity contribution < 1.29 is 73.2 Å². The van der Waals surface area contributed by atoms with Gasteiger partial charge in [-0.25, -0.2) is 4.79 Å². The molecule has 0 bridgehead atoms. The topological polar surface area (TPSA) is 570 Å². The van der Waals surface area contributed by atoms with E-state index in [1.54, 1.807) is 0 Å². The van der Waals surface area contributed by atoms with Gasteiger partial charge in [-0.05, 0) is 136 Å². The summed E-state index contributed by atoms with van der Waals surface area (Å²) in [5, 5.41) is 55.7. The molecule has 0 spiro atoms. The lowest BCUT2D eigenvalue weighted by Crippen LogP contribution is -2.62. The van der Waals surface area contributed by atoms with Crippen LogP contribution < -0.4 is 72.0 Å². The number of aliphatic carboxylic acids is 2. The summed E-state index contributed by atoms with van der Waals surface area (Å²) in [7, 11) is 0. The lowest BCUT2D eigenvalue weighted by atomic mass is 9.84. The Morgan fingerprint density at radius 3 is 1.62 bits per heavy atom. The van der Waals surface area contributed by atoms with E-state index in [-0.39, 0.29) is 108 Å². The fourth-order valence-electron chi connectivity index (χ4n) is 14.5. The molecule has 0 radical (unpaired) electrons. The van der Waals surface area contributed by atoms with E-state index in [2.05, 4.69) is 46.9 Å². The lowest BCUT2D eigenvalue weighted by Gasteiger charge is -2.38. The molecule has 6 aliphatic rings. The number of rotatable bonds is 31. The second kappa shape index (κ2) is 36.9. The number of fused-ring (bicyclic) bond motifs is 3. The van der Waals surface area contributed by atoms with Crippen LogP contribution in [0.15, 0.2) is 63.5 Å². The molecule has 0 aromatic heterocycles. The normalized spacial score (nSPS) is 21.7. The number of aliphatic hydroxyl groups excluding tert-OH is 2. The van der Waals surface area contributed by atoms with E-state index in [1.165, 1.54) is 9.80 Å². The maximum absolute atomic E-state index is 15.5. The summed E-state index contributed by atoms with van der Waals surface area (Å²) >= 11 is 0. The maximum atomic E-state index is 15.5. The summed E-state index contributed by atoms with van der Waals surface area (Å²) in [4.78, 5) is 167. The highest BCUT2D eigenvalue weighted by Crippen LogP contribution is 2.42. The number of aliphatic imine (C=N–C) groups is 3. The largest absolute Gasteiger partial charge is 0.481 e. The fraction of sp³-hybridized carbons (Fsp3) is 0.606. The number of nitrogens with zero attached hydrogens (tertiary/aromatic N) is 6. The number of nitrogens with one attached hydrogen (secondary N) is 6. The number of aliphatic hydroxyl groups is 2. The second-order valence-corrected chi connectivity index (χ2v) is 26.5. The van der Waals surface area contributed by atoms with Gasteiger partial charge in [0.15, 0.2) is 17.9 Å². The van der Waals surface area contributed by atoms with Crippen molar-refractivity contribution >= 4 is 83.0 Å². The molecule has 1 saturated carbocycles. The summed E-state index contributed by atoms with van der Waals surface area (Å²) in [6, 6.07) is 3.25. The number of hydrogen-bond acceptors (Lipinski definition) is 17. The first-order valence-electron chi connectivity index (χ1n) is 34.1. The zero-order valence-corrected chi connectivity index (χ0v) is 56.4. The summed E-state index contributed by atoms with van der Waals surface area (Å²) < 4.78 is 0. The van der Waals surface area contributed by atoms with Crippen LogP contribution in [-0.4, -0.2) is 231 Å². The summed E-state index contributed by atoms with van der Waals surface area (Å²) in [5.41, 5.74) is 42.7. The molecule has 34 nitrogen and oxygen atoms in total. The third-order valence-corrected chi connectivity index (χ3v) is 19.3.